The molecular formula is C46H40F3N5O6S3. The molecule has 0 amide bonds. The molecule has 17 heteroatoms. The largest absolute Gasteiger partial charge is 0.508 e. The molecule has 7 aromatic carbocycles. The Morgan fingerprint density at radius 1 is 0.476 bits per heavy atom. The number of alkyl halides is 3. The molecule has 7 aromatic rings. The maximum Gasteiger partial charge on any atom is 0.418 e. The molecule has 0 fully saturated rings. The molecule has 11 N–H and O–H groups in total. The SMILES string of the molecule is Oc1ccc(NC(=S)Nc2ccccc2)c(O)c1.Oc1ccc(NC(=S)Nc2ccccc2C(F)(F)F)c(O)c1.Oc1ccc(NCc2ccccc2Sc2ccccc2)c(O)c1. The highest BCUT2D eigenvalue weighted by Gasteiger charge is 2.33. The van der Waals surface area contributed by atoms with Crippen LogP contribution in [0.15, 0.2) is 174 Å². The fraction of sp³-hybridized carbons (Fsp3) is 0.0435. The van der Waals surface area contributed by atoms with Gasteiger partial charge < -0.3 is 57.2 Å². The Hall–Kier alpha value is -7.34. The average molecular weight is 912 g/mol. The molecule has 0 atom stereocenters. The minimum absolute atomic E-state index is 0.0000121. The van der Waals surface area contributed by atoms with Crippen molar-refractivity contribution >= 4 is 74.9 Å². The van der Waals surface area contributed by atoms with Gasteiger partial charge in [0.15, 0.2) is 10.2 Å². The highest BCUT2D eigenvalue weighted by Crippen LogP contribution is 2.36. The first-order valence-corrected chi connectivity index (χ1v) is 20.3. The Morgan fingerprint density at radius 2 is 0.921 bits per heavy atom. The molecule has 0 radical (unpaired) electrons. The molecule has 0 heterocycles. The van der Waals surface area contributed by atoms with E-state index in [1.54, 1.807) is 30.0 Å². The number of hydrogen-bond acceptors (Lipinski definition) is 10. The van der Waals surface area contributed by atoms with Crippen LogP contribution < -0.4 is 26.6 Å². The standard InChI is InChI=1S/C19H17NO2S.C14H11F3N2O2S.C13H12N2O2S/c21-15-10-11-17(18(22)12-15)20-13-14-6-4-5-9-19(14)23-16-7-2-1-3-8-16;15-14(16,17)9-3-1-2-4-10(9)18-13(22)19-11-6-5-8(20)7-12(11)21;16-10-6-7-11(12(17)8-10)15-13(18)14-9-4-2-1-3-5-9/h1-12,20-22H,13H2;1-7,20-21H,(H2,18,19,22);1-8,16-17H,(H2,14,15,18). The molecule has 0 saturated heterocycles. The Kier molecular flexibility index (Phi) is 16.7. The lowest BCUT2D eigenvalue weighted by Gasteiger charge is -2.16. The number of aromatic hydroxyl groups is 6. The number of halogens is 3. The first-order valence-electron chi connectivity index (χ1n) is 18.6. The zero-order valence-corrected chi connectivity index (χ0v) is 35.3. The highest BCUT2D eigenvalue weighted by molar-refractivity contribution is 7.99. The van der Waals surface area contributed by atoms with E-state index in [-0.39, 0.29) is 51.0 Å². The van der Waals surface area contributed by atoms with E-state index in [0.29, 0.717) is 23.0 Å². The van der Waals surface area contributed by atoms with Crippen LogP contribution in [0.2, 0.25) is 0 Å². The fourth-order valence-electron chi connectivity index (χ4n) is 5.40. The van der Waals surface area contributed by atoms with Gasteiger partial charge in [-0.05, 0) is 109 Å². The predicted molar refractivity (Wildman–Crippen MR) is 251 cm³/mol. The van der Waals surface area contributed by atoms with E-state index in [2.05, 4.69) is 50.8 Å². The quantitative estimate of drug-likeness (QED) is 0.0374. The number of para-hydroxylation sites is 2. The van der Waals surface area contributed by atoms with Crippen molar-refractivity contribution in [2.75, 3.05) is 26.6 Å². The predicted octanol–water partition coefficient (Wildman–Crippen LogP) is 11.7. The summed E-state index contributed by atoms with van der Waals surface area (Å²) in [6.45, 7) is 0.592. The van der Waals surface area contributed by atoms with E-state index in [1.807, 2.05) is 60.7 Å². The van der Waals surface area contributed by atoms with Gasteiger partial charge in [0.2, 0.25) is 0 Å². The van der Waals surface area contributed by atoms with Gasteiger partial charge in [-0.2, -0.15) is 13.2 Å². The summed E-state index contributed by atoms with van der Waals surface area (Å²) in [5.74, 6) is -0.406. The summed E-state index contributed by atoms with van der Waals surface area (Å²) in [4.78, 5) is 2.36. The van der Waals surface area contributed by atoms with Crippen molar-refractivity contribution in [3.63, 3.8) is 0 Å². The Bertz CT molecular complexity index is 2630. The van der Waals surface area contributed by atoms with Crippen LogP contribution in [0.25, 0.3) is 0 Å². The van der Waals surface area contributed by atoms with E-state index in [4.69, 9.17) is 24.4 Å². The van der Waals surface area contributed by atoms with Crippen LogP contribution in [0.4, 0.5) is 41.6 Å². The normalized spacial score (nSPS) is 10.5. The molecule has 0 saturated carbocycles. The molecule has 7 rings (SSSR count). The van der Waals surface area contributed by atoms with Gasteiger partial charge in [-0.25, -0.2) is 0 Å². The average Bonchev–Trinajstić information content (AvgIpc) is 3.24. The first-order chi connectivity index (χ1) is 30.1. The van der Waals surface area contributed by atoms with Gasteiger partial charge in [0.1, 0.15) is 34.5 Å². The highest BCUT2D eigenvalue weighted by atomic mass is 32.2. The number of thiocarbonyl (C=S) groups is 2. The molecule has 0 aliphatic rings. The number of rotatable bonds is 9. The topological polar surface area (TPSA) is 182 Å². The van der Waals surface area contributed by atoms with Crippen molar-refractivity contribution in [2.24, 2.45) is 0 Å². The fourth-order valence-corrected chi connectivity index (χ4v) is 6.81. The molecule has 0 aliphatic heterocycles. The zero-order valence-electron chi connectivity index (χ0n) is 32.8. The van der Waals surface area contributed by atoms with Crippen LogP contribution in [-0.4, -0.2) is 40.9 Å². The molecule has 0 bridgehead atoms. The molecule has 324 valence electrons. The van der Waals surface area contributed by atoms with Crippen molar-refractivity contribution < 1.29 is 43.8 Å². The maximum absolute atomic E-state index is 12.9. The van der Waals surface area contributed by atoms with Gasteiger partial charge in [-0.15, -0.1) is 0 Å². The number of anilines is 5. The van der Waals surface area contributed by atoms with E-state index >= 15 is 0 Å². The molecule has 11 nitrogen and oxygen atoms in total. The number of phenolic OH excluding ortho intramolecular Hbond substituents is 6. The third-order valence-corrected chi connectivity index (χ3v) is 9.90. The first kappa shape index (κ1) is 46.7. The van der Waals surface area contributed by atoms with E-state index in [1.165, 1.54) is 58.3 Å². The summed E-state index contributed by atoms with van der Waals surface area (Å²) in [5, 5.41) is 71.0. The molecule has 0 spiro atoms. The van der Waals surface area contributed by atoms with Crippen LogP contribution in [0.3, 0.4) is 0 Å². The number of hydrogen-bond donors (Lipinski definition) is 11. The molecular weight excluding hydrogens is 872 g/mol. The maximum atomic E-state index is 12.9. The third-order valence-electron chi connectivity index (χ3n) is 8.37. The minimum atomic E-state index is -4.51. The van der Waals surface area contributed by atoms with Crippen LogP contribution in [0.1, 0.15) is 11.1 Å². The summed E-state index contributed by atoms with van der Waals surface area (Å²) in [5.41, 5.74) is 2.13. The van der Waals surface area contributed by atoms with Gasteiger partial charge >= 0.3 is 6.18 Å². The summed E-state index contributed by atoms with van der Waals surface area (Å²) in [7, 11) is 0. The van der Waals surface area contributed by atoms with Crippen molar-refractivity contribution in [3.05, 3.63) is 175 Å². The summed E-state index contributed by atoms with van der Waals surface area (Å²) < 4.78 is 38.6. The van der Waals surface area contributed by atoms with Gasteiger partial charge in [-0.3, -0.25) is 0 Å². The van der Waals surface area contributed by atoms with Crippen molar-refractivity contribution in [1.29, 1.82) is 0 Å². The second-order valence-corrected chi connectivity index (χ2v) is 15.0. The second kappa shape index (κ2) is 22.5. The molecule has 63 heavy (non-hydrogen) atoms. The van der Waals surface area contributed by atoms with Gasteiger partial charge in [-0.1, -0.05) is 78.5 Å². The Labute approximate surface area is 375 Å². The molecule has 0 aromatic heterocycles. The minimum Gasteiger partial charge on any atom is -0.508 e. The number of phenols is 6. The van der Waals surface area contributed by atoms with Crippen molar-refractivity contribution in [3.8, 4) is 34.5 Å². The lowest BCUT2D eigenvalue weighted by molar-refractivity contribution is -0.136. The van der Waals surface area contributed by atoms with Gasteiger partial charge in [0, 0.05) is 40.2 Å². The molecule has 0 unspecified atom stereocenters. The molecule has 0 aliphatic carbocycles. The second-order valence-electron chi connectivity index (χ2n) is 13.0. The van der Waals surface area contributed by atoms with Crippen LogP contribution in [0.5, 0.6) is 34.5 Å². The monoisotopic (exact) mass is 911 g/mol. The summed E-state index contributed by atoms with van der Waals surface area (Å²) in [6, 6.07) is 45.3. The Balaban J connectivity index is 0.000000180. The Morgan fingerprint density at radius 3 is 1.46 bits per heavy atom. The summed E-state index contributed by atoms with van der Waals surface area (Å²) >= 11 is 11.8. The summed E-state index contributed by atoms with van der Waals surface area (Å²) in [6.07, 6.45) is -4.51. The zero-order chi connectivity index (χ0) is 45.4. The van der Waals surface area contributed by atoms with Crippen LogP contribution in [0, 0.1) is 0 Å². The smallest absolute Gasteiger partial charge is 0.418 e. The third kappa shape index (κ3) is 15.0. The number of benzene rings is 7. The van der Waals surface area contributed by atoms with Gasteiger partial charge in [0.25, 0.3) is 0 Å². The van der Waals surface area contributed by atoms with Gasteiger partial charge in [0.05, 0.1) is 28.3 Å². The van der Waals surface area contributed by atoms with Crippen molar-refractivity contribution in [2.45, 2.75) is 22.5 Å². The van der Waals surface area contributed by atoms with E-state index < -0.39 is 11.7 Å². The van der Waals surface area contributed by atoms with Crippen molar-refractivity contribution in [1.82, 2.24) is 0 Å². The lowest BCUT2D eigenvalue weighted by atomic mass is 10.1. The van der Waals surface area contributed by atoms with Crippen LogP contribution >= 0.6 is 36.2 Å². The number of nitrogens with one attached hydrogen (secondary N) is 5. The van der Waals surface area contributed by atoms with E-state index in [9.17, 15) is 43.8 Å². The van der Waals surface area contributed by atoms with E-state index in [0.717, 1.165) is 23.4 Å². The van der Waals surface area contributed by atoms with Crippen LogP contribution in [-0.2, 0) is 12.7 Å². The lowest BCUT2D eigenvalue weighted by Crippen LogP contribution is -2.21.